The SMILES string of the molecule is C=CCN1C(=O)C(SCCO)=C(c2ccccc2OC)C1=O. The molecular formula is C16H17NO4S. The molecular weight excluding hydrogens is 302 g/mol. The van der Waals surface area contributed by atoms with Gasteiger partial charge in [-0.25, -0.2) is 0 Å². The first-order valence-electron chi connectivity index (χ1n) is 6.74. The maximum absolute atomic E-state index is 12.6. The van der Waals surface area contributed by atoms with Gasteiger partial charge in [0.2, 0.25) is 0 Å². The fourth-order valence-electron chi connectivity index (χ4n) is 2.22. The number of aliphatic hydroxyl groups excluding tert-OH is 1. The van der Waals surface area contributed by atoms with Crippen LogP contribution < -0.4 is 4.74 Å². The summed E-state index contributed by atoms with van der Waals surface area (Å²) in [6.07, 6.45) is 1.51. The molecule has 0 bridgehead atoms. The number of rotatable bonds is 7. The quantitative estimate of drug-likeness (QED) is 0.612. The van der Waals surface area contributed by atoms with Crippen LogP contribution in [0.4, 0.5) is 0 Å². The molecule has 1 aromatic carbocycles. The van der Waals surface area contributed by atoms with E-state index in [4.69, 9.17) is 9.84 Å². The zero-order chi connectivity index (χ0) is 16.1. The molecule has 0 saturated heterocycles. The van der Waals surface area contributed by atoms with Gasteiger partial charge in [0, 0.05) is 17.9 Å². The van der Waals surface area contributed by atoms with Gasteiger partial charge >= 0.3 is 0 Å². The van der Waals surface area contributed by atoms with Crippen LogP contribution in [0.3, 0.4) is 0 Å². The molecule has 1 aliphatic rings. The first-order chi connectivity index (χ1) is 10.7. The van der Waals surface area contributed by atoms with Crippen LogP contribution in [0.15, 0.2) is 41.8 Å². The molecule has 0 fully saturated rings. The van der Waals surface area contributed by atoms with Gasteiger partial charge in [0.1, 0.15) is 5.75 Å². The molecule has 6 heteroatoms. The summed E-state index contributed by atoms with van der Waals surface area (Å²) in [7, 11) is 1.52. The van der Waals surface area contributed by atoms with Gasteiger partial charge < -0.3 is 9.84 Å². The molecule has 5 nitrogen and oxygen atoms in total. The fourth-order valence-corrected chi connectivity index (χ4v) is 3.09. The second-order valence-corrected chi connectivity index (χ2v) is 5.59. The molecule has 1 aliphatic heterocycles. The lowest BCUT2D eigenvalue weighted by Gasteiger charge is -2.12. The maximum atomic E-state index is 12.6. The molecule has 0 atom stereocenters. The van der Waals surface area contributed by atoms with E-state index in [1.54, 1.807) is 24.3 Å². The molecule has 1 N–H and O–H groups in total. The highest BCUT2D eigenvalue weighted by molar-refractivity contribution is 8.04. The number of imide groups is 1. The summed E-state index contributed by atoms with van der Waals surface area (Å²) in [6, 6.07) is 7.07. The Morgan fingerprint density at radius 1 is 1.32 bits per heavy atom. The van der Waals surface area contributed by atoms with E-state index in [0.717, 1.165) is 4.90 Å². The van der Waals surface area contributed by atoms with Gasteiger partial charge in [-0.05, 0) is 6.07 Å². The van der Waals surface area contributed by atoms with E-state index >= 15 is 0 Å². The first-order valence-corrected chi connectivity index (χ1v) is 7.72. The largest absolute Gasteiger partial charge is 0.496 e. The smallest absolute Gasteiger partial charge is 0.268 e. The van der Waals surface area contributed by atoms with Crippen molar-refractivity contribution in [1.29, 1.82) is 0 Å². The number of benzene rings is 1. The minimum absolute atomic E-state index is 0.0731. The van der Waals surface area contributed by atoms with Crippen LogP contribution in [0, 0.1) is 0 Å². The van der Waals surface area contributed by atoms with Crippen LogP contribution in [-0.2, 0) is 9.59 Å². The van der Waals surface area contributed by atoms with E-state index in [9.17, 15) is 9.59 Å². The van der Waals surface area contributed by atoms with Crippen LogP contribution in [0.1, 0.15) is 5.56 Å². The molecule has 116 valence electrons. The van der Waals surface area contributed by atoms with Crippen LogP contribution in [0.25, 0.3) is 5.57 Å². The van der Waals surface area contributed by atoms with Gasteiger partial charge in [0.25, 0.3) is 11.8 Å². The second-order valence-electron chi connectivity index (χ2n) is 4.49. The average molecular weight is 319 g/mol. The molecule has 0 unspecified atom stereocenters. The van der Waals surface area contributed by atoms with Gasteiger partial charge in [0.15, 0.2) is 0 Å². The highest BCUT2D eigenvalue weighted by atomic mass is 32.2. The molecule has 2 amide bonds. The van der Waals surface area contributed by atoms with Gasteiger partial charge in [-0.3, -0.25) is 14.5 Å². The Morgan fingerprint density at radius 3 is 2.68 bits per heavy atom. The van der Waals surface area contributed by atoms with E-state index in [1.165, 1.54) is 24.9 Å². The number of carbonyl (C=O) groups excluding carboxylic acids is 2. The van der Waals surface area contributed by atoms with Crippen LogP contribution in [-0.4, -0.2) is 47.8 Å². The number of nitrogens with zero attached hydrogens (tertiary/aromatic N) is 1. The van der Waals surface area contributed by atoms with Crippen LogP contribution in [0.2, 0.25) is 0 Å². The third kappa shape index (κ3) is 2.93. The third-order valence-electron chi connectivity index (χ3n) is 3.15. The number of hydrogen-bond donors (Lipinski definition) is 1. The molecule has 0 radical (unpaired) electrons. The summed E-state index contributed by atoms with van der Waals surface area (Å²) in [4.78, 5) is 26.6. The second kappa shape index (κ2) is 7.29. The van der Waals surface area contributed by atoms with Crippen LogP contribution >= 0.6 is 11.8 Å². The molecule has 0 aliphatic carbocycles. The Labute approximate surface area is 133 Å². The summed E-state index contributed by atoms with van der Waals surface area (Å²) in [5.74, 6) is 0.148. The Bertz CT molecular complexity index is 639. The van der Waals surface area contributed by atoms with E-state index in [0.29, 0.717) is 27.5 Å². The lowest BCUT2D eigenvalue weighted by molar-refractivity contribution is -0.135. The zero-order valence-electron chi connectivity index (χ0n) is 12.2. The molecule has 0 aromatic heterocycles. The third-order valence-corrected chi connectivity index (χ3v) is 4.21. The normalized spacial score (nSPS) is 14.7. The Morgan fingerprint density at radius 2 is 2.05 bits per heavy atom. The van der Waals surface area contributed by atoms with Crippen molar-refractivity contribution < 1.29 is 19.4 Å². The van der Waals surface area contributed by atoms with Gasteiger partial charge in [-0.1, -0.05) is 24.3 Å². The minimum atomic E-state index is -0.366. The summed E-state index contributed by atoms with van der Waals surface area (Å²) in [5.41, 5.74) is 0.901. The van der Waals surface area contributed by atoms with Gasteiger partial charge in [0.05, 0.1) is 24.2 Å². The number of thioether (sulfide) groups is 1. The highest BCUT2D eigenvalue weighted by Gasteiger charge is 2.39. The Kier molecular flexibility index (Phi) is 5.41. The lowest BCUT2D eigenvalue weighted by atomic mass is 10.1. The summed E-state index contributed by atoms with van der Waals surface area (Å²) >= 11 is 1.18. The van der Waals surface area contributed by atoms with Crippen molar-refractivity contribution in [2.75, 3.05) is 26.0 Å². The number of methoxy groups -OCH3 is 1. The number of amides is 2. The van der Waals surface area contributed by atoms with Gasteiger partial charge in [-0.15, -0.1) is 18.3 Å². The van der Waals surface area contributed by atoms with Crippen molar-refractivity contribution in [2.45, 2.75) is 0 Å². The molecule has 22 heavy (non-hydrogen) atoms. The topological polar surface area (TPSA) is 66.8 Å². The number of aliphatic hydroxyl groups is 1. The van der Waals surface area contributed by atoms with Crippen molar-refractivity contribution >= 4 is 29.1 Å². The molecule has 2 rings (SSSR count). The standard InChI is InChI=1S/C16H17NO4S/c1-3-8-17-15(19)13(14(16(17)20)22-10-9-18)11-6-4-5-7-12(11)21-2/h3-7,18H,1,8-10H2,2H3. The Hall–Kier alpha value is -2.05. The van der Waals surface area contributed by atoms with Crippen molar-refractivity contribution in [1.82, 2.24) is 4.90 Å². The Balaban J connectivity index is 2.54. The van der Waals surface area contributed by atoms with Crippen molar-refractivity contribution in [3.63, 3.8) is 0 Å². The number of carbonyl (C=O) groups is 2. The molecule has 0 saturated carbocycles. The number of ether oxygens (including phenoxy) is 1. The average Bonchev–Trinajstić information content (AvgIpc) is 2.77. The number of hydrogen-bond acceptors (Lipinski definition) is 5. The van der Waals surface area contributed by atoms with E-state index < -0.39 is 0 Å². The highest BCUT2D eigenvalue weighted by Crippen LogP contribution is 2.39. The summed E-state index contributed by atoms with van der Waals surface area (Å²) in [5, 5.41) is 9.01. The fraction of sp³-hybridized carbons (Fsp3) is 0.250. The molecule has 1 aromatic rings. The maximum Gasteiger partial charge on any atom is 0.268 e. The molecule has 0 spiro atoms. The van der Waals surface area contributed by atoms with Crippen LogP contribution in [0.5, 0.6) is 5.75 Å². The summed E-state index contributed by atoms with van der Waals surface area (Å²) in [6.45, 7) is 3.65. The van der Waals surface area contributed by atoms with E-state index in [2.05, 4.69) is 6.58 Å². The predicted octanol–water partition coefficient (Wildman–Crippen LogP) is 1.69. The minimum Gasteiger partial charge on any atom is -0.496 e. The lowest BCUT2D eigenvalue weighted by Crippen LogP contribution is -2.31. The zero-order valence-corrected chi connectivity index (χ0v) is 13.1. The number of para-hydroxylation sites is 1. The first kappa shape index (κ1) is 16.3. The van der Waals surface area contributed by atoms with Crippen molar-refractivity contribution in [2.24, 2.45) is 0 Å². The van der Waals surface area contributed by atoms with E-state index in [-0.39, 0.29) is 25.0 Å². The monoisotopic (exact) mass is 319 g/mol. The molecule has 1 heterocycles. The van der Waals surface area contributed by atoms with Crippen molar-refractivity contribution in [3.05, 3.63) is 47.4 Å². The van der Waals surface area contributed by atoms with Gasteiger partial charge in [-0.2, -0.15) is 0 Å². The predicted molar refractivity (Wildman–Crippen MR) is 86.4 cm³/mol. The summed E-state index contributed by atoms with van der Waals surface area (Å²) < 4.78 is 5.29. The van der Waals surface area contributed by atoms with E-state index in [1.807, 2.05) is 0 Å². The van der Waals surface area contributed by atoms with Crippen molar-refractivity contribution in [3.8, 4) is 5.75 Å².